The van der Waals surface area contributed by atoms with E-state index >= 15 is 0 Å². The van der Waals surface area contributed by atoms with Crippen LogP contribution in [0.2, 0.25) is 0 Å². The first-order chi connectivity index (χ1) is 12.1. The van der Waals surface area contributed by atoms with Crippen molar-refractivity contribution in [2.45, 2.75) is 5.16 Å². The zero-order valence-corrected chi connectivity index (χ0v) is 14.1. The number of aromatic amines is 1. The molecule has 128 valence electrons. The molecule has 0 aliphatic rings. The second-order valence-corrected chi connectivity index (χ2v) is 6.01. The summed E-state index contributed by atoms with van der Waals surface area (Å²) in [7, 11) is 1.81. The number of amides is 2. The molecule has 0 bridgehead atoms. The maximum Gasteiger partial charge on any atom is 0.256 e. The van der Waals surface area contributed by atoms with Crippen LogP contribution < -0.4 is 10.6 Å². The molecule has 0 aliphatic heterocycles. The second-order valence-electron chi connectivity index (χ2n) is 5.07. The lowest BCUT2D eigenvalue weighted by molar-refractivity contribution is -0.113. The molecule has 2 heterocycles. The smallest absolute Gasteiger partial charge is 0.256 e. The molecule has 0 saturated heterocycles. The summed E-state index contributed by atoms with van der Waals surface area (Å²) in [6, 6.07) is 8.34. The topological polar surface area (TPSA) is 118 Å². The van der Waals surface area contributed by atoms with Gasteiger partial charge in [-0.05, 0) is 18.2 Å². The van der Waals surface area contributed by atoms with Gasteiger partial charge in [-0.1, -0.05) is 17.8 Å². The van der Waals surface area contributed by atoms with Gasteiger partial charge in [0.1, 0.15) is 12.1 Å². The molecule has 0 atom stereocenters. The van der Waals surface area contributed by atoms with Gasteiger partial charge in [-0.15, -0.1) is 10.2 Å². The largest absolute Gasteiger partial charge is 0.325 e. The molecule has 10 heteroatoms. The number of rotatable bonds is 6. The Hall–Kier alpha value is -3.14. The fourth-order valence-electron chi connectivity index (χ4n) is 1.99. The van der Waals surface area contributed by atoms with Gasteiger partial charge in [-0.25, -0.2) is 0 Å². The van der Waals surface area contributed by atoms with E-state index in [2.05, 4.69) is 31.0 Å². The predicted octanol–water partition coefficient (Wildman–Crippen LogP) is 1.52. The average molecular weight is 357 g/mol. The van der Waals surface area contributed by atoms with Gasteiger partial charge < -0.3 is 15.2 Å². The van der Waals surface area contributed by atoms with E-state index < -0.39 is 0 Å². The van der Waals surface area contributed by atoms with Crippen molar-refractivity contribution in [2.24, 2.45) is 7.05 Å². The molecular formula is C15H15N7O2S. The van der Waals surface area contributed by atoms with Crippen molar-refractivity contribution in [3.05, 3.63) is 48.4 Å². The van der Waals surface area contributed by atoms with Crippen molar-refractivity contribution in [1.29, 1.82) is 0 Å². The Balaban J connectivity index is 1.58. The molecule has 3 rings (SSSR count). The van der Waals surface area contributed by atoms with Gasteiger partial charge >= 0.3 is 0 Å². The lowest BCUT2D eigenvalue weighted by Gasteiger charge is -2.07. The van der Waals surface area contributed by atoms with Crippen LogP contribution in [0.1, 0.15) is 10.4 Å². The Morgan fingerprint density at radius 1 is 1.28 bits per heavy atom. The third-order valence-corrected chi connectivity index (χ3v) is 4.19. The van der Waals surface area contributed by atoms with Crippen LogP contribution in [0.4, 0.5) is 11.5 Å². The predicted molar refractivity (Wildman–Crippen MR) is 93.3 cm³/mol. The maximum absolute atomic E-state index is 12.2. The zero-order chi connectivity index (χ0) is 17.6. The number of thioether (sulfide) groups is 1. The summed E-state index contributed by atoms with van der Waals surface area (Å²) < 4.78 is 1.73. The molecule has 0 radical (unpaired) electrons. The number of carbonyl (C=O) groups is 2. The molecule has 0 saturated carbocycles. The van der Waals surface area contributed by atoms with Gasteiger partial charge in [0.25, 0.3) is 5.91 Å². The van der Waals surface area contributed by atoms with Gasteiger partial charge in [-0.3, -0.25) is 14.7 Å². The summed E-state index contributed by atoms with van der Waals surface area (Å²) in [5, 5.41) is 20.2. The fourth-order valence-corrected chi connectivity index (χ4v) is 2.68. The lowest BCUT2D eigenvalue weighted by atomic mass is 10.2. The first-order valence-electron chi connectivity index (χ1n) is 7.29. The third kappa shape index (κ3) is 4.44. The molecule has 25 heavy (non-hydrogen) atoms. The van der Waals surface area contributed by atoms with Gasteiger partial charge in [-0.2, -0.15) is 5.10 Å². The molecule has 3 N–H and O–H groups in total. The molecule has 0 spiro atoms. The lowest BCUT2D eigenvalue weighted by Crippen LogP contribution is -2.16. The van der Waals surface area contributed by atoms with Crippen molar-refractivity contribution in [3.8, 4) is 0 Å². The second kappa shape index (κ2) is 7.62. The van der Waals surface area contributed by atoms with Gasteiger partial charge in [0.15, 0.2) is 5.16 Å². The Morgan fingerprint density at radius 3 is 2.88 bits per heavy atom. The number of H-pyrrole nitrogens is 1. The Morgan fingerprint density at radius 2 is 2.16 bits per heavy atom. The minimum atomic E-state index is -0.297. The van der Waals surface area contributed by atoms with E-state index in [1.165, 1.54) is 11.8 Å². The number of benzene rings is 1. The Bertz CT molecular complexity index is 876. The molecular weight excluding hydrogens is 342 g/mol. The van der Waals surface area contributed by atoms with Crippen LogP contribution in [-0.2, 0) is 11.8 Å². The zero-order valence-electron chi connectivity index (χ0n) is 13.3. The van der Waals surface area contributed by atoms with Gasteiger partial charge in [0, 0.05) is 24.4 Å². The summed E-state index contributed by atoms with van der Waals surface area (Å²) in [5.74, 6) is 0.198. The van der Waals surface area contributed by atoms with Crippen molar-refractivity contribution >= 4 is 35.1 Å². The number of anilines is 2. The van der Waals surface area contributed by atoms with Crippen LogP contribution in [0, 0.1) is 0 Å². The Labute approximate surface area is 147 Å². The number of hydrogen-bond donors (Lipinski definition) is 3. The highest BCUT2D eigenvalue weighted by molar-refractivity contribution is 7.99. The average Bonchev–Trinajstić information content (AvgIpc) is 3.25. The molecule has 0 unspecified atom stereocenters. The van der Waals surface area contributed by atoms with E-state index in [-0.39, 0.29) is 17.6 Å². The van der Waals surface area contributed by atoms with Crippen LogP contribution in [0.3, 0.4) is 0 Å². The van der Waals surface area contributed by atoms with Crippen molar-refractivity contribution in [2.75, 3.05) is 16.4 Å². The molecule has 3 aromatic rings. The number of nitrogens with one attached hydrogen (secondary N) is 3. The van der Waals surface area contributed by atoms with Crippen molar-refractivity contribution in [3.63, 3.8) is 0 Å². The van der Waals surface area contributed by atoms with E-state index in [9.17, 15) is 9.59 Å². The summed E-state index contributed by atoms with van der Waals surface area (Å²) in [5.41, 5.74) is 0.967. The molecule has 2 aromatic heterocycles. The molecule has 0 fully saturated rings. The van der Waals surface area contributed by atoms with E-state index in [1.54, 1.807) is 47.4 Å². The van der Waals surface area contributed by atoms with Crippen LogP contribution in [0.15, 0.2) is 48.0 Å². The standard InChI is InChI=1S/C15H15N7O2S/c1-22-9-17-21-15(22)25-8-13(23)18-11-4-2-3-10(7-11)14(24)19-12-5-6-16-20-12/h2-7,9H,8H2,1H3,(H,18,23)(H2,16,19,20,24). The van der Waals surface area contributed by atoms with Gasteiger partial charge in [0.2, 0.25) is 5.91 Å². The van der Waals surface area contributed by atoms with Crippen LogP contribution in [0.5, 0.6) is 0 Å². The van der Waals surface area contributed by atoms with E-state index in [4.69, 9.17) is 0 Å². The Kier molecular flexibility index (Phi) is 5.09. The summed E-state index contributed by atoms with van der Waals surface area (Å²) in [6.07, 6.45) is 3.11. The van der Waals surface area contributed by atoms with Crippen LogP contribution >= 0.6 is 11.8 Å². The molecule has 9 nitrogen and oxygen atoms in total. The fraction of sp³-hybridized carbons (Fsp3) is 0.133. The molecule has 0 aliphatic carbocycles. The SMILES string of the molecule is Cn1cnnc1SCC(=O)Nc1cccc(C(=O)Nc2ccn[nH]2)c1. The van der Waals surface area contributed by atoms with Crippen molar-refractivity contribution < 1.29 is 9.59 Å². The van der Waals surface area contributed by atoms with Crippen LogP contribution in [-0.4, -0.2) is 42.5 Å². The summed E-state index contributed by atoms with van der Waals surface area (Å²) in [4.78, 5) is 24.2. The summed E-state index contributed by atoms with van der Waals surface area (Å²) >= 11 is 1.28. The number of carbonyl (C=O) groups excluding carboxylic acids is 2. The minimum Gasteiger partial charge on any atom is -0.325 e. The third-order valence-electron chi connectivity index (χ3n) is 3.16. The van der Waals surface area contributed by atoms with E-state index in [0.29, 0.717) is 22.2 Å². The first kappa shape index (κ1) is 16.7. The quantitative estimate of drug-likeness (QED) is 0.576. The van der Waals surface area contributed by atoms with Crippen LogP contribution in [0.25, 0.3) is 0 Å². The van der Waals surface area contributed by atoms with Gasteiger partial charge in [0.05, 0.1) is 11.9 Å². The van der Waals surface area contributed by atoms with E-state index in [0.717, 1.165) is 0 Å². The maximum atomic E-state index is 12.2. The highest BCUT2D eigenvalue weighted by atomic mass is 32.2. The molecule has 2 amide bonds. The number of hydrogen-bond acceptors (Lipinski definition) is 6. The monoisotopic (exact) mass is 357 g/mol. The minimum absolute atomic E-state index is 0.192. The van der Waals surface area contributed by atoms with Crippen molar-refractivity contribution in [1.82, 2.24) is 25.0 Å². The highest BCUT2D eigenvalue weighted by Crippen LogP contribution is 2.16. The number of aromatic nitrogens is 5. The number of aryl methyl sites for hydroxylation is 1. The summed E-state index contributed by atoms with van der Waals surface area (Å²) in [6.45, 7) is 0. The molecule has 1 aromatic carbocycles. The number of nitrogens with zero attached hydrogens (tertiary/aromatic N) is 4. The first-order valence-corrected chi connectivity index (χ1v) is 8.28. The van der Waals surface area contributed by atoms with E-state index in [1.807, 2.05) is 7.05 Å². The highest BCUT2D eigenvalue weighted by Gasteiger charge is 2.10. The normalized spacial score (nSPS) is 10.4.